The number of hydrogen-bond acceptors (Lipinski definition) is 6. The van der Waals surface area contributed by atoms with Crippen LogP contribution < -0.4 is 19.7 Å². The Morgan fingerprint density at radius 1 is 1.06 bits per heavy atom. The fraction of sp³-hybridized carbons (Fsp3) is 0.409. The molecule has 1 saturated heterocycles. The summed E-state index contributed by atoms with van der Waals surface area (Å²) in [4.78, 5) is 14.0. The molecule has 2 aromatic rings. The van der Waals surface area contributed by atoms with Gasteiger partial charge in [0.25, 0.3) is 5.91 Å². The summed E-state index contributed by atoms with van der Waals surface area (Å²) in [6, 6.07) is 13.1. The summed E-state index contributed by atoms with van der Waals surface area (Å²) in [5.41, 5.74) is 0.877. The maximum atomic E-state index is 13.1. The maximum absolute atomic E-state index is 13.1. The zero-order valence-corrected chi connectivity index (χ0v) is 18.8. The summed E-state index contributed by atoms with van der Waals surface area (Å²) in [6.45, 7) is 1.92. The smallest absolute Gasteiger partial charge is 0.257 e. The van der Waals surface area contributed by atoms with Crippen LogP contribution in [-0.2, 0) is 14.8 Å². The number of methoxy groups -OCH3 is 1. The van der Waals surface area contributed by atoms with Crippen LogP contribution in [0.3, 0.4) is 0 Å². The Bertz CT molecular complexity index is 993. The van der Waals surface area contributed by atoms with Crippen LogP contribution in [0.1, 0.15) is 6.42 Å². The number of amides is 1. The summed E-state index contributed by atoms with van der Waals surface area (Å²) < 4.78 is 50.3. The van der Waals surface area contributed by atoms with Gasteiger partial charge in [0.1, 0.15) is 17.3 Å². The lowest BCUT2D eigenvalue weighted by Crippen LogP contribution is -2.49. The minimum Gasteiger partial charge on any atom is -0.497 e. The van der Waals surface area contributed by atoms with Gasteiger partial charge < -0.3 is 19.7 Å². The van der Waals surface area contributed by atoms with Gasteiger partial charge in [-0.2, -0.15) is 4.31 Å². The summed E-state index contributed by atoms with van der Waals surface area (Å²) in [5, 5.41) is 2.67. The first-order valence-electron chi connectivity index (χ1n) is 10.4. The van der Waals surface area contributed by atoms with E-state index in [0.717, 1.165) is 5.69 Å². The van der Waals surface area contributed by atoms with E-state index in [4.69, 9.17) is 9.47 Å². The van der Waals surface area contributed by atoms with Crippen LogP contribution in [0.25, 0.3) is 0 Å². The molecule has 1 aliphatic heterocycles. The molecule has 0 bridgehead atoms. The van der Waals surface area contributed by atoms with Gasteiger partial charge in [-0.25, -0.2) is 12.8 Å². The number of nitrogens with zero attached hydrogens (tertiary/aromatic N) is 2. The standard InChI is InChI=1S/C22H28FN3O5S/c1-30-20-4-2-5-21(16-20)31-17-22(27)24-10-3-15-32(28,29)26-13-11-25(12-14-26)19-8-6-18(23)7-9-19/h2,4-9,16H,3,10-15,17H2,1H3,(H,24,27). The number of hydrogen-bond donors (Lipinski definition) is 1. The van der Waals surface area contributed by atoms with Crippen molar-refractivity contribution in [2.24, 2.45) is 0 Å². The van der Waals surface area contributed by atoms with E-state index in [9.17, 15) is 17.6 Å². The summed E-state index contributed by atoms with van der Waals surface area (Å²) >= 11 is 0. The van der Waals surface area contributed by atoms with Crippen LogP contribution in [0, 0.1) is 5.82 Å². The number of halogens is 1. The van der Waals surface area contributed by atoms with Crippen LogP contribution in [-0.4, -0.2) is 70.8 Å². The van der Waals surface area contributed by atoms with Crippen molar-refractivity contribution in [2.45, 2.75) is 6.42 Å². The average Bonchev–Trinajstić information content (AvgIpc) is 2.81. The highest BCUT2D eigenvalue weighted by molar-refractivity contribution is 7.89. The van der Waals surface area contributed by atoms with Gasteiger partial charge in [0.15, 0.2) is 6.61 Å². The average molecular weight is 466 g/mol. The number of nitrogens with one attached hydrogen (secondary N) is 1. The van der Waals surface area contributed by atoms with Crippen molar-refractivity contribution in [3.05, 3.63) is 54.3 Å². The minimum atomic E-state index is -3.41. The summed E-state index contributed by atoms with van der Waals surface area (Å²) in [5.74, 6) is 0.487. The lowest BCUT2D eigenvalue weighted by molar-refractivity contribution is -0.123. The van der Waals surface area contributed by atoms with Crippen LogP contribution in [0.5, 0.6) is 11.5 Å². The van der Waals surface area contributed by atoms with Crippen LogP contribution in [0.15, 0.2) is 48.5 Å². The molecule has 32 heavy (non-hydrogen) atoms. The molecule has 0 aliphatic carbocycles. The van der Waals surface area contributed by atoms with Crippen molar-refractivity contribution in [3.8, 4) is 11.5 Å². The highest BCUT2D eigenvalue weighted by Crippen LogP contribution is 2.19. The van der Waals surface area contributed by atoms with Gasteiger partial charge in [-0.15, -0.1) is 0 Å². The molecule has 3 rings (SSSR count). The number of rotatable bonds is 10. The number of piperazine rings is 1. The van der Waals surface area contributed by atoms with E-state index in [1.54, 1.807) is 43.5 Å². The Morgan fingerprint density at radius 2 is 1.75 bits per heavy atom. The number of ether oxygens (including phenoxy) is 2. The molecule has 0 radical (unpaired) electrons. The molecular weight excluding hydrogens is 437 g/mol. The quantitative estimate of drug-likeness (QED) is 0.539. The van der Waals surface area contributed by atoms with Crippen molar-refractivity contribution in [1.82, 2.24) is 9.62 Å². The number of carbonyl (C=O) groups excluding carboxylic acids is 1. The van der Waals surface area contributed by atoms with Gasteiger partial charge in [0, 0.05) is 44.5 Å². The molecule has 0 spiro atoms. The first-order chi connectivity index (χ1) is 15.4. The molecule has 1 heterocycles. The van der Waals surface area contributed by atoms with Crippen molar-refractivity contribution in [1.29, 1.82) is 0 Å². The summed E-state index contributed by atoms with van der Waals surface area (Å²) in [6.07, 6.45) is 0.311. The molecule has 0 unspecified atom stereocenters. The van der Waals surface area contributed by atoms with Crippen molar-refractivity contribution in [3.63, 3.8) is 0 Å². The van der Waals surface area contributed by atoms with Crippen molar-refractivity contribution < 1.29 is 27.1 Å². The summed E-state index contributed by atoms with van der Waals surface area (Å²) in [7, 11) is -1.86. The van der Waals surface area contributed by atoms with E-state index in [1.165, 1.54) is 16.4 Å². The molecule has 1 aliphatic rings. The number of carbonyl (C=O) groups is 1. The lowest BCUT2D eigenvalue weighted by Gasteiger charge is -2.35. The normalized spacial score (nSPS) is 14.8. The Balaban J connectivity index is 1.35. The molecule has 1 N–H and O–H groups in total. The number of sulfonamides is 1. The van der Waals surface area contributed by atoms with E-state index < -0.39 is 10.0 Å². The van der Waals surface area contributed by atoms with Crippen LogP contribution >= 0.6 is 0 Å². The highest BCUT2D eigenvalue weighted by Gasteiger charge is 2.26. The molecule has 2 aromatic carbocycles. The second kappa shape index (κ2) is 11.1. The number of benzene rings is 2. The van der Waals surface area contributed by atoms with Gasteiger partial charge in [-0.1, -0.05) is 6.07 Å². The fourth-order valence-electron chi connectivity index (χ4n) is 3.38. The Hall–Kier alpha value is -2.85. The zero-order valence-electron chi connectivity index (χ0n) is 18.0. The third kappa shape index (κ3) is 6.83. The molecule has 0 saturated carbocycles. The maximum Gasteiger partial charge on any atom is 0.257 e. The SMILES string of the molecule is COc1cccc(OCC(=O)NCCCS(=O)(=O)N2CCN(c3ccc(F)cc3)CC2)c1. The molecular formula is C22H28FN3O5S. The largest absolute Gasteiger partial charge is 0.497 e. The predicted octanol–water partition coefficient (Wildman–Crippen LogP) is 1.87. The molecule has 1 amide bonds. The Morgan fingerprint density at radius 3 is 2.44 bits per heavy atom. The molecule has 0 aromatic heterocycles. The third-order valence-electron chi connectivity index (χ3n) is 5.14. The predicted molar refractivity (Wildman–Crippen MR) is 120 cm³/mol. The lowest BCUT2D eigenvalue weighted by atomic mass is 10.2. The first-order valence-corrected chi connectivity index (χ1v) is 12.0. The van der Waals surface area contributed by atoms with E-state index in [0.29, 0.717) is 44.1 Å². The monoisotopic (exact) mass is 465 g/mol. The first kappa shape index (κ1) is 23.8. The molecule has 174 valence electrons. The second-order valence-corrected chi connectivity index (χ2v) is 9.44. The van der Waals surface area contributed by atoms with Gasteiger partial charge in [0.05, 0.1) is 12.9 Å². The van der Waals surface area contributed by atoms with E-state index in [-0.39, 0.29) is 30.6 Å². The molecule has 0 atom stereocenters. The highest BCUT2D eigenvalue weighted by atomic mass is 32.2. The van der Waals surface area contributed by atoms with Crippen LogP contribution in [0.2, 0.25) is 0 Å². The fourth-order valence-corrected chi connectivity index (χ4v) is 4.87. The third-order valence-corrected chi connectivity index (χ3v) is 7.09. The van der Waals surface area contributed by atoms with Gasteiger partial charge in [0.2, 0.25) is 10.0 Å². The Labute approximate surface area is 188 Å². The number of anilines is 1. The van der Waals surface area contributed by atoms with Crippen molar-refractivity contribution >= 4 is 21.6 Å². The van der Waals surface area contributed by atoms with Gasteiger partial charge >= 0.3 is 0 Å². The molecule has 10 heteroatoms. The molecule has 8 nitrogen and oxygen atoms in total. The minimum absolute atomic E-state index is 0.0411. The molecule has 1 fully saturated rings. The van der Waals surface area contributed by atoms with Gasteiger partial charge in [-0.3, -0.25) is 4.79 Å². The zero-order chi connectivity index (χ0) is 23.0. The van der Waals surface area contributed by atoms with Gasteiger partial charge in [-0.05, 0) is 42.8 Å². The Kier molecular flexibility index (Phi) is 8.29. The second-order valence-electron chi connectivity index (χ2n) is 7.35. The van der Waals surface area contributed by atoms with E-state index in [2.05, 4.69) is 5.32 Å². The van der Waals surface area contributed by atoms with Crippen LogP contribution in [0.4, 0.5) is 10.1 Å². The topological polar surface area (TPSA) is 88.2 Å². The van der Waals surface area contributed by atoms with E-state index >= 15 is 0 Å². The van der Waals surface area contributed by atoms with E-state index in [1.807, 2.05) is 4.90 Å². The van der Waals surface area contributed by atoms with Crippen molar-refractivity contribution in [2.75, 3.05) is 57.1 Å².